The molecule has 0 atom stereocenters. The molecule has 7 heteroatoms. The van der Waals surface area contributed by atoms with Gasteiger partial charge in [0.25, 0.3) is 5.91 Å². The van der Waals surface area contributed by atoms with Crippen LogP contribution in [-0.4, -0.2) is 40.5 Å². The van der Waals surface area contributed by atoms with Crippen molar-refractivity contribution in [3.63, 3.8) is 0 Å². The van der Waals surface area contributed by atoms with Crippen LogP contribution in [0.15, 0.2) is 54.9 Å². The molecule has 2 aromatic carbocycles. The van der Waals surface area contributed by atoms with E-state index in [1.54, 1.807) is 47.6 Å². The van der Waals surface area contributed by atoms with E-state index in [1.165, 1.54) is 0 Å². The van der Waals surface area contributed by atoms with Gasteiger partial charge < -0.3 is 9.64 Å². The molecule has 172 valence electrons. The highest BCUT2D eigenvalue weighted by Gasteiger charge is 2.22. The second-order valence-electron chi connectivity index (χ2n) is 8.24. The Hall–Kier alpha value is -4.67. The second-order valence-corrected chi connectivity index (χ2v) is 8.24. The summed E-state index contributed by atoms with van der Waals surface area (Å²) in [6, 6.07) is 14.3. The lowest BCUT2D eigenvalue weighted by molar-refractivity contribution is -0.134. The molecule has 0 bridgehead atoms. The van der Waals surface area contributed by atoms with Gasteiger partial charge >= 0.3 is 0 Å². The maximum absolute atomic E-state index is 12.8. The fraction of sp³-hybridized carbons (Fsp3) is 0.250. The van der Waals surface area contributed by atoms with E-state index in [0.717, 1.165) is 24.1 Å². The van der Waals surface area contributed by atoms with E-state index in [9.17, 15) is 4.79 Å². The van der Waals surface area contributed by atoms with Crippen LogP contribution in [0, 0.1) is 42.6 Å². The van der Waals surface area contributed by atoms with Gasteiger partial charge in [-0.25, -0.2) is 9.83 Å². The minimum atomic E-state index is -0.0874. The van der Waals surface area contributed by atoms with E-state index in [2.05, 4.69) is 32.7 Å². The van der Waals surface area contributed by atoms with E-state index in [4.69, 9.17) is 16.6 Å². The van der Waals surface area contributed by atoms with Gasteiger partial charge in [0, 0.05) is 30.8 Å². The number of piperidine rings is 1. The van der Waals surface area contributed by atoms with Crippen molar-refractivity contribution < 1.29 is 9.53 Å². The quantitative estimate of drug-likeness (QED) is 0.421. The molecule has 1 aliphatic rings. The highest BCUT2D eigenvalue weighted by molar-refractivity contribution is 5.79. The molecule has 1 aliphatic heterocycles. The predicted octanol–water partition coefficient (Wildman–Crippen LogP) is 4.54. The molecule has 7 nitrogen and oxygen atoms in total. The van der Waals surface area contributed by atoms with Crippen LogP contribution in [0.5, 0.6) is 5.75 Å². The Bertz CT molecular complexity index is 1350. The first-order valence-electron chi connectivity index (χ1n) is 11.3. The molecular weight excluding hydrogens is 438 g/mol. The summed E-state index contributed by atoms with van der Waals surface area (Å²) in [5.41, 5.74) is 4.06. The lowest BCUT2D eigenvalue weighted by Gasteiger charge is -2.29. The van der Waals surface area contributed by atoms with Crippen molar-refractivity contribution in [2.24, 2.45) is 5.92 Å². The van der Waals surface area contributed by atoms with E-state index in [0.29, 0.717) is 41.3 Å². The molecule has 2 heterocycles. The summed E-state index contributed by atoms with van der Waals surface area (Å²) in [4.78, 5) is 26.6. The van der Waals surface area contributed by atoms with Crippen LogP contribution in [-0.2, 0) is 4.79 Å². The van der Waals surface area contributed by atoms with E-state index in [-0.39, 0.29) is 18.4 Å². The number of amides is 1. The number of hydrogen-bond acceptors (Lipinski definition) is 5. The Kier molecular flexibility index (Phi) is 7.36. The van der Waals surface area contributed by atoms with E-state index < -0.39 is 0 Å². The highest BCUT2D eigenvalue weighted by Crippen LogP contribution is 2.34. The van der Waals surface area contributed by atoms with Gasteiger partial charge in [0.2, 0.25) is 0 Å². The summed E-state index contributed by atoms with van der Waals surface area (Å²) >= 11 is 0. The summed E-state index contributed by atoms with van der Waals surface area (Å²) in [5, 5.41) is 9.04. The second kappa shape index (κ2) is 11.0. The lowest BCUT2D eigenvalue weighted by Crippen LogP contribution is -2.40. The van der Waals surface area contributed by atoms with Crippen LogP contribution < -0.4 is 4.74 Å². The zero-order valence-electron chi connectivity index (χ0n) is 19.4. The van der Waals surface area contributed by atoms with Gasteiger partial charge in [0.1, 0.15) is 11.4 Å². The summed E-state index contributed by atoms with van der Waals surface area (Å²) in [7, 11) is 0. The Labute approximate surface area is 204 Å². The van der Waals surface area contributed by atoms with Crippen LogP contribution >= 0.6 is 0 Å². The molecule has 4 rings (SSSR count). The molecule has 0 unspecified atom stereocenters. The Balaban J connectivity index is 1.36. The van der Waals surface area contributed by atoms with Crippen molar-refractivity contribution in [3.8, 4) is 34.8 Å². The third-order valence-electron chi connectivity index (χ3n) is 5.80. The Morgan fingerprint density at radius 1 is 1.17 bits per heavy atom. The summed E-state index contributed by atoms with van der Waals surface area (Å²) in [6.07, 6.45) is 4.98. The summed E-state index contributed by atoms with van der Waals surface area (Å²) in [6.45, 7) is 10.4. The smallest absolute Gasteiger partial charge is 0.260 e. The van der Waals surface area contributed by atoms with E-state index in [1.807, 2.05) is 19.1 Å². The largest absolute Gasteiger partial charge is 0.483 e. The standard InChI is InChI=1S/C28H23N5O2/c1-20-17-32-25(18-31-20)8-5-21-11-13-33(14-12-21)28(34)19-35-27-10-9-24(30-2)15-26(27)23-6-3-22(16-29)4-7-23/h3-4,6-7,9-10,15,17-18,21H,11-14,19H2,1H3. The Morgan fingerprint density at radius 2 is 1.94 bits per heavy atom. The van der Waals surface area contributed by atoms with Gasteiger partial charge in [0.05, 0.1) is 30.1 Å². The average molecular weight is 462 g/mol. The van der Waals surface area contributed by atoms with Crippen LogP contribution in [0.1, 0.15) is 29.8 Å². The number of ether oxygens (including phenoxy) is 1. The SMILES string of the molecule is [C-]#[N+]c1ccc(OCC(=O)N2CCC(C#Cc3cnc(C)cn3)CC2)c(-c2ccc(C#N)cc2)c1. The molecule has 1 fully saturated rings. The van der Waals surface area contributed by atoms with Gasteiger partial charge in [-0.15, -0.1) is 0 Å². The first-order chi connectivity index (χ1) is 17.1. The van der Waals surface area contributed by atoms with Crippen molar-refractivity contribution in [3.05, 3.63) is 83.2 Å². The number of likely N-dealkylation sites (tertiary alicyclic amines) is 1. The molecule has 0 radical (unpaired) electrons. The number of benzene rings is 2. The van der Waals surface area contributed by atoms with Gasteiger partial charge in [0.15, 0.2) is 12.3 Å². The molecule has 1 saturated heterocycles. The predicted molar refractivity (Wildman–Crippen MR) is 131 cm³/mol. The maximum Gasteiger partial charge on any atom is 0.260 e. The van der Waals surface area contributed by atoms with Crippen LogP contribution in [0.2, 0.25) is 0 Å². The number of carbonyl (C=O) groups is 1. The number of aryl methyl sites for hydroxylation is 1. The number of carbonyl (C=O) groups excluding carboxylic acids is 1. The molecule has 0 aliphatic carbocycles. The third kappa shape index (κ3) is 6.02. The number of nitriles is 1. The molecule has 3 aromatic rings. The average Bonchev–Trinajstić information content (AvgIpc) is 2.91. The minimum Gasteiger partial charge on any atom is -0.483 e. The Morgan fingerprint density at radius 3 is 2.60 bits per heavy atom. The van der Waals surface area contributed by atoms with Crippen LogP contribution in [0.3, 0.4) is 0 Å². The van der Waals surface area contributed by atoms with Gasteiger partial charge in [-0.3, -0.25) is 9.78 Å². The van der Waals surface area contributed by atoms with Crippen molar-refractivity contribution in [1.82, 2.24) is 14.9 Å². The highest BCUT2D eigenvalue weighted by atomic mass is 16.5. The van der Waals surface area contributed by atoms with Gasteiger partial charge in [-0.05, 0) is 55.5 Å². The topological polar surface area (TPSA) is 83.5 Å². The number of nitrogens with zero attached hydrogens (tertiary/aromatic N) is 5. The maximum atomic E-state index is 12.8. The van der Waals surface area contributed by atoms with Crippen LogP contribution in [0.4, 0.5) is 5.69 Å². The minimum absolute atomic E-state index is 0.0826. The van der Waals surface area contributed by atoms with Crippen molar-refractivity contribution in [1.29, 1.82) is 5.26 Å². The zero-order valence-corrected chi connectivity index (χ0v) is 19.4. The first-order valence-corrected chi connectivity index (χ1v) is 11.3. The molecule has 0 saturated carbocycles. The van der Waals surface area contributed by atoms with Crippen LogP contribution in [0.25, 0.3) is 16.0 Å². The molecule has 35 heavy (non-hydrogen) atoms. The normalized spacial score (nSPS) is 13.2. The van der Waals surface area contributed by atoms with Crippen molar-refractivity contribution >= 4 is 11.6 Å². The lowest BCUT2D eigenvalue weighted by atomic mass is 9.97. The van der Waals surface area contributed by atoms with Crippen molar-refractivity contribution in [2.75, 3.05) is 19.7 Å². The molecule has 1 aromatic heterocycles. The number of hydrogen-bond donors (Lipinski definition) is 0. The summed E-state index contributed by atoms with van der Waals surface area (Å²) in [5.74, 6) is 6.99. The first kappa shape index (κ1) is 23.5. The molecule has 0 spiro atoms. The zero-order chi connectivity index (χ0) is 24.6. The molecular formula is C28H23N5O2. The van der Waals surface area contributed by atoms with E-state index >= 15 is 0 Å². The fourth-order valence-electron chi connectivity index (χ4n) is 3.80. The van der Waals surface area contributed by atoms with Gasteiger partial charge in [-0.2, -0.15) is 5.26 Å². The molecule has 1 amide bonds. The molecule has 0 N–H and O–H groups in total. The number of rotatable bonds is 4. The monoisotopic (exact) mass is 461 g/mol. The fourth-order valence-corrected chi connectivity index (χ4v) is 3.80. The number of aromatic nitrogens is 2. The third-order valence-corrected chi connectivity index (χ3v) is 5.80. The van der Waals surface area contributed by atoms with Gasteiger partial charge in [-0.1, -0.05) is 24.1 Å². The summed E-state index contributed by atoms with van der Waals surface area (Å²) < 4.78 is 5.90. The van der Waals surface area contributed by atoms with Crippen molar-refractivity contribution in [2.45, 2.75) is 19.8 Å².